The monoisotopic (exact) mass is 372 g/mol. The molecule has 1 aliphatic heterocycles. The van der Waals surface area contributed by atoms with E-state index in [0.717, 1.165) is 48.6 Å². The third-order valence-electron chi connectivity index (χ3n) is 4.75. The number of rotatable bonds is 4. The molecule has 1 aliphatic rings. The molecule has 1 saturated heterocycles. The van der Waals surface area contributed by atoms with Gasteiger partial charge in [-0.15, -0.1) is 0 Å². The Morgan fingerprint density at radius 1 is 1.27 bits per heavy atom. The van der Waals surface area contributed by atoms with E-state index in [1.807, 2.05) is 16.8 Å². The van der Waals surface area contributed by atoms with E-state index in [1.165, 1.54) is 5.69 Å². The number of benzene rings is 1. The second-order valence-electron chi connectivity index (χ2n) is 6.32. The van der Waals surface area contributed by atoms with Gasteiger partial charge in [0.1, 0.15) is 11.4 Å². The summed E-state index contributed by atoms with van der Waals surface area (Å²) in [6.07, 6.45) is 3.97. The van der Waals surface area contributed by atoms with Gasteiger partial charge in [0.2, 0.25) is 0 Å². The molecule has 136 valence electrons. The largest absolute Gasteiger partial charge is 0.495 e. The van der Waals surface area contributed by atoms with Crippen LogP contribution in [0.3, 0.4) is 0 Å². The summed E-state index contributed by atoms with van der Waals surface area (Å²) in [6.45, 7) is 3.87. The van der Waals surface area contributed by atoms with Crippen LogP contribution in [0.1, 0.15) is 5.56 Å². The topological polar surface area (TPSA) is 62.0 Å². The van der Waals surface area contributed by atoms with Gasteiger partial charge >= 0.3 is 0 Å². The zero-order chi connectivity index (χ0) is 18.1. The number of aliphatic hydroxyl groups is 1. The Bertz CT molecular complexity index is 935. The molecule has 2 aromatic heterocycles. The number of methoxy groups -OCH3 is 1. The third-order valence-corrected chi connectivity index (χ3v) is 5.05. The van der Waals surface area contributed by atoms with Crippen LogP contribution >= 0.6 is 11.6 Å². The van der Waals surface area contributed by atoms with Gasteiger partial charge < -0.3 is 24.5 Å². The summed E-state index contributed by atoms with van der Waals surface area (Å²) in [5, 5.41) is 13.6. The van der Waals surface area contributed by atoms with Crippen LogP contribution in [0, 0.1) is 0 Å². The molecule has 3 aromatic rings. The molecular formula is C19H21ClN4O2. The standard InChI is InChI=1S/C19H21ClN4O2/c1-26-18-8-13(12-25)15(10-16(18)20)17-11-24-5-2-14(9-19(24)22-17)23-6-3-21-4-7-23/h2,5,8-11,21,25H,3-4,6-7,12H2,1H3. The first-order valence-corrected chi connectivity index (χ1v) is 8.99. The molecule has 1 fully saturated rings. The molecule has 0 unspecified atom stereocenters. The number of ether oxygens (including phenoxy) is 1. The van der Waals surface area contributed by atoms with Crippen molar-refractivity contribution in [1.82, 2.24) is 14.7 Å². The number of nitrogens with one attached hydrogen (secondary N) is 1. The minimum Gasteiger partial charge on any atom is -0.495 e. The number of nitrogens with zero attached hydrogens (tertiary/aromatic N) is 3. The molecule has 6 nitrogen and oxygen atoms in total. The molecule has 0 atom stereocenters. The van der Waals surface area contributed by atoms with Crippen LogP contribution in [0.5, 0.6) is 5.75 Å². The Labute approximate surface area is 157 Å². The van der Waals surface area contributed by atoms with Crippen LogP contribution in [0.15, 0.2) is 36.7 Å². The van der Waals surface area contributed by atoms with E-state index >= 15 is 0 Å². The number of aliphatic hydroxyl groups excluding tert-OH is 1. The third kappa shape index (κ3) is 3.11. The predicted octanol–water partition coefficient (Wildman–Crippen LogP) is 2.57. The van der Waals surface area contributed by atoms with Gasteiger partial charge in [0.15, 0.2) is 0 Å². The van der Waals surface area contributed by atoms with E-state index in [1.54, 1.807) is 19.2 Å². The molecule has 4 rings (SSSR count). The summed E-state index contributed by atoms with van der Waals surface area (Å²) < 4.78 is 7.23. The van der Waals surface area contributed by atoms with Crippen molar-refractivity contribution >= 4 is 22.9 Å². The van der Waals surface area contributed by atoms with E-state index in [2.05, 4.69) is 22.3 Å². The lowest BCUT2D eigenvalue weighted by Gasteiger charge is -2.29. The Morgan fingerprint density at radius 2 is 2.08 bits per heavy atom. The highest BCUT2D eigenvalue weighted by molar-refractivity contribution is 6.32. The molecular weight excluding hydrogens is 352 g/mol. The Morgan fingerprint density at radius 3 is 2.81 bits per heavy atom. The van der Waals surface area contributed by atoms with E-state index in [-0.39, 0.29) is 6.61 Å². The molecule has 0 spiro atoms. The molecule has 0 aliphatic carbocycles. The Hall–Kier alpha value is -2.28. The smallest absolute Gasteiger partial charge is 0.139 e. The minimum absolute atomic E-state index is 0.108. The molecule has 26 heavy (non-hydrogen) atoms. The summed E-state index contributed by atoms with van der Waals surface area (Å²) in [4.78, 5) is 7.11. The van der Waals surface area contributed by atoms with Crippen molar-refractivity contribution in [2.24, 2.45) is 0 Å². The van der Waals surface area contributed by atoms with Gasteiger partial charge in [0.25, 0.3) is 0 Å². The van der Waals surface area contributed by atoms with Crippen molar-refractivity contribution in [3.63, 3.8) is 0 Å². The van der Waals surface area contributed by atoms with Gasteiger partial charge in [0, 0.05) is 55.9 Å². The van der Waals surface area contributed by atoms with E-state index < -0.39 is 0 Å². The fourth-order valence-corrected chi connectivity index (χ4v) is 3.58. The predicted molar refractivity (Wildman–Crippen MR) is 103 cm³/mol. The van der Waals surface area contributed by atoms with Gasteiger partial charge in [-0.2, -0.15) is 0 Å². The van der Waals surface area contributed by atoms with Gasteiger partial charge in [-0.25, -0.2) is 4.98 Å². The number of imidazole rings is 1. The lowest BCUT2D eigenvalue weighted by molar-refractivity contribution is 0.281. The molecule has 0 bridgehead atoms. The summed E-state index contributed by atoms with van der Waals surface area (Å²) >= 11 is 6.28. The average Bonchev–Trinajstić information content (AvgIpc) is 3.11. The fraction of sp³-hybridized carbons (Fsp3) is 0.316. The number of piperazine rings is 1. The van der Waals surface area contributed by atoms with Crippen LogP contribution < -0.4 is 15.0 Å². The van der Waals surface area contributed by atoms with E-state index in [0.29, 0.717) is 10.8 Å². The van der Waals surface area contributed by atoms with Crippen LogP contribution in [-0.2, 0) is 6.61 Å². The maximum atomic E-state index is 9.73. The zero-order valence-electron chi connectivity index (χ0n) is 14.6. The van der Waals surface area contributed by atoms with E-state index in [9.17, 15) is 5.11 Å². The highest BCUT2D eigenvalue weighted by atomic mass is 35.5. The zero-order valence-corrected chi connectivity index (χ0v) is 15.3. The summed E-state index contributed by atoms with van der Waals surface area (Å²) in [7, 11) is 1.56. The molecule has 3 heterocycles. The number of aromatic nitrogens is 2. The number of halogens is 1. The van der Waals surface area contributed by atoms with Crippen molar-refractivity contribution in [1.29, 1.82) is 0 Å². The second-order valence-corrected chi connectivity index (χ2v) is 6.72. The molecule has 1 aromatic carbocycles. The molecule has 0 radical (unpaired) electrons. The molecule has 0 amide bonds. The van der Waals surface area contributed by atoms with E-state index in [4.69, 9.17) is 21.3 Å². The summed E-state index contributed by atoms with van der Waals surface area (Å²) in [5.74, 6) is 0.546. The fourth-order valence-electron chi connectivity index (χ4n) is 3.34. The first-order valence-electron chi connectivity index (χ1n) is 8.61. The molecule has 2 N–H and O–H groups in total. The first-order chi connectivity index (χ1) is 12.7. The van der Waals surface area contributed by atoms with Gasteiger partial charge in [-0.3, -0.25) is 0 Å². The highest BCUT2D eigenvalue weighted by Crippen LogP contribution is 2.34. The van der Waals surface area contributed by atoms with Crippen molar-refractivity contribution in [2.45, 2.75) is 6.61 Å². The van der Waals surface area contributed by atoms with Gasteiger partial charge in [0.05, 0.1) is 24.4 Å². The maximum Gasteiger partial charge on any atom is 0.139 e. The van der Waals surface area contributed by atoms with Gasteiger partial charge in [-0.1, -0.05) is 11.6 Å². The highest BCUT2D eigenvalue weighted by Gasteiger charge is 2.15. The van der Waals surface area contributed by atoms with Gasteiger partial charge in [-0.05, 0) is 23.8 Å². The number of fused-ring (bicyclic) bond motifs is 1. The Balaban J connectivity index is 1.74. The molecule has 0 saturated carbocycles. The average molecular weight is 373 g/mol. The Kier molecular flexibility index (Phi) is 4.72. The van der Waals surface area contributed by atoms with Crippen LogP contribution in [0.2, 0.25) is 5.02 Å². The minimum atomic E-state index is -0.108. The van der Waals surface area contributed by atoms with Crippen LogP contribution in [-0.4, -0.2) is 47.8 Å². The SMILES string of the molecule is COc1cc(CO)c(-c2cn3ccc(N4CCNCC4)cc3n2)cc1Cl. The van der Waals surface area contributed by atoms with Crippen molar-refractivity contribution < 1.29 is 9.84 Å². The maximum absolute atomic E-state index is 9.73. The van der Waals surface area contributed by atoms with Crippen molar-refractivity contribution in [3.05, 3.63) is 47.2 Å². The van der Waals surface area contributed by atoms with Crippen molar-refractivity contribution in [2.75, 3.05) is 38.2 Å². The normalized spacial score (nSPS) is 14.8. The number of hydrogen-bond acceptors (Lipinski definition) is 5. The summed E-state index contributed by atoms with van der Waals surface area (Å²) in [5.41, 5.74) is 4.36. The quantitative estimate of drug-likeness (QED) is 0.737. The van der Waals surface area contributed by atoms with Crippen LogP contribution in [0.25, 0.3) is 16.9 Å². The lowest BCUT2D eigenvalue weighted by Crippen LogP contribution is -2.43. The van der Waals surface area contributed by atoms with Crippen molar-refractivity contribution in [3.8, 4) is 17.0 Å². The number of anilines is 1. The van der Waals surface area contributed by atoms with Crippen LogP contribution in [0.4, 0.5) is 5.69 Å². The second kappa shape index (κ2) is 7.15. The first kappa shape index (κ1) is 17.1. The number of hydrogen-bond donors (Lipinski definition) is 2. The lowest BCUT2D eigenvalue weighted by atomic mass is 10.1. The summed E-state index contributed by atoms with van der Waals surface area (Å²) in [6, 6.07) is 7.76. The number of pyridine rings is 1. The molecule has 7 heteroatoms.